The van der Waals surface area contributed by atoms with Crippen LogP contribution in [0.15, 0.2) is 40.9 Å². The molecule has 1 amide bonds. The molecule has 0 aliphatic rings. The van der Waals surface area contributed by atoms with Crippen molar-refractivity contribution in [1.82, 2.24) is 0 Å². The molecule has 2 rings (SSSR count). The Kier molecular flexibility index (Phi) is 4.91. The van der Waals surface area contributed by atoms with Gasteiger partial charge in [-0.1, -0.05) is 29.3 Å². The quantitative estimate of drug-likeness (QED) is 0.777. The fourth-order valence-corrected chi connectivity index (χ4v) is 2.34. The number of halogens is 3. The van der Waals surface area contributed by atoms with Crippen LogP contribution in [0.25, 0.3) is 0 Å². The summed E-state index contributed by atoms with van der Waals surface area (Å²) in [6.45, 7) is 0. The summed E-state index contributed by atoms with van der Waals surface area (Å²) in [7, 11) is 0. The molecule has 3 nitrogen and oxygen atoms in total. The fourth-order valence-electron chi connectivity index (χ4n) is 1.65. The first-order valence-corrected chi connectivity index (χ1v) is 7.29. The molecule has 2 aromatic carbocycles. The van der Waals surface area contributed by atoms with E-state index in [0.717, 1.165) is 10.0 Å². The van der Waals surface area contributed by atoms with Crippen LogP contribution in [-0.2, 0) is 11.2 Å². The zero-order valence-electron chi connectivity index (χ0n) is 10.3. The van der Waals surface area contributed by atoms with Crippen molar-refractivity contribution in [3.63, 3.8) is 0 Å². The number of benzene rings is 2. The molecule has 0 unspecified atom stereocenters. The minimum Gasteiger partial charge on any atom is -0.398 e. The molecule has 0 aliphatic heterocycles. The van der Waals surface area contributed by atoms with Crippen molar-refractivity contribution in [2.24, 2.45) is 0 Å². The molecule has 0 radical (unpaired) electrons. The lowest BCUT2D eigenvalue weighted by Gasteiger charge is -2.07. The van der Waals surface area contributed by atoms with E-state index in [0.29, 0.717) is 21.4 Å². The minimum absolute atomic E-state index is 0.139. The van der Waals surface area contributed by atoms with Gasteiger partial charge < -0.3 is 11.1 Å². The molecule has 0 spiro atoms. The molecule has 0 saturated heterocycles. The Bertz CT molecular complexity index is 606. The smallest absolute Gasteiger partial charge is 0.228 e. The van der Waals surface area contributed by atoms with Gasteiger partial charge in [-0.05, 0) is 51.8 Å². The summed E-state index contributed by atoms with van der Waals surface area (Å²) in [6.07, 6.45) is 0.221. The van der Waals surface area contributed by atoms with Crippen LogP contribution in [0.5, 0.6) is 0 Å². The zero-order valence-corrected chi connectivity index (χ0v) is 13.4. The molecule has 0 atom stereocenters. The predicted molar refractivity (Wildman–Crippen MR) is 87.4 cm³/mol. The van der Waals surface area contributed by atoms with E-state index in [2.05, 4.69) is 21.2 Å². The largest absolute Gasteiger partial charge is 0.398 e. The lowest BCUT2D eigenvalue weighted by Crippen LogP contribution is -2.14. The van der Waals surface area contributed by atoms with E-state index in [4.69, 9.17) is 28.9 Å². The molecule has 0 fully saturated rings. The number of hydrogen-bond acceptors (Lipinski definition) is 2. The van der Waals surface area contributed by atoms with E-state index in [1.807, 2.05) is 0 Å². The standard InChI is InChI=1S/C14H11BrCl2N2O/c15-10-7-9(2-4-13(10)18)19-14(20)6-8-1-3-11(16)12(17)5-8/h1-5,7H,6,18H2,(H,19,20). The number of amides is 1. The minimum atomic E-state index is -0.139. The summed E-state index contributed by atoms with van der Waals surface area (Å²) in [5, 5.41) is 3.70. The molecule has 0 aromatic heterocycles. The van der Waals surface area contributed by atoms with Crippen molar-refractivity contribution < 1.29 is 4.79 Å². The van der Waals surface area contributed by atoms with Gasteiger partial charge in [0, 0.05) is 15.8 Å². The van der Waals surface area contributed by atoms with E-state index < -0.39 is 0 Å². The van der Waals surface area contributed by atoms with Crippen molar-refractivity contribution in [2.75, 3.05) is 11.1 Å². The van der Waals surface area contributed by atoms with Gasteiger partial charge in [-0.3, -0.25) is 4.79 Å². The Morgan fingerprint density at radius 2 is 1.90 bits per heavy atom. The van der Waals surface area contributed by atoms with Crippen LogP contribution in [0.1, 0.15) is 5.56 Å². The average Bonchev–Trinajstić information content (AvgIpc) is 2.38. The maximum Gasteiger partial charge on any atom is 0.228 e. The van der Waals surface area contributed by atoms with Crippen LogP contribution in [0.4, 0.5) is 11.4 Å². The lowest BCUT2D eigenvalue weighted by atomic mass is 10.1. The van der Waals surface area contributed by atoms with E-state index in [1.54, 1.807) is 36.4 Å². The number of nitrogen functional groups attached to an aromatic ring is 1. The molecule has 0 heterocycles. The van der Waals surface area contributed by atoms with Crippen LogP contribution < -0.4 is 11.1 Å². The Labute approximate surface area is 135 Å². The SMILES string of the molecule is Nc1ccc(NC(=O)Cc2ccc(Cl)c(Cl)c2)cc1Br. The monoisotopic (exact) mass is 372 g/mol. The highest BCUT2D eigenvalue weighted by Crippen LogP contribution is 2.24. The van der Waals surface area contributed by atoms with Gasteiger partial charge in [0.25, 0.3) is 0 Å². The first-order chi connectivity index (χ1) is 9.45. The van der Waals surface area contributed by atoms with Crippen molar-refractivity contribution in [3.8, 4) is 0 Å². The summed E-state index contributed by atoms with van der Waals surface area (Å²) in [5.41, 5.74) is 7.78. The van der Waals surface area contributed by atoms with Gasteiger partial charge >= 0.3 is 0 Å². The maximum absolute atomic E-state index is 11.9. The van der Waals surface area contributed by atoms with Gasteiger partial charge in [0.1, 0.15) is 0 Å². The number of rotatable bonds is 3. The van der Waals surface area contributed by atoms with Crippen LogP contribution >= 0.6 is 39.1 Å². The molecular formula is C14H11BrCl2N2O. The summed E-state index contributed by atoms with van der Waals surface area (Å²) in [4.78, 5) is 11.9. The highest BCUT2D eigenvalue weighted by atomic mass is 79.9. The van der Waals surface area contributed by atoms with E-state index in [-0.39, 0.29) is 12.3 Å². The van der Waals surface area contributed by atoms with Crippen molar-refractivity contribution in [2.45, 2.75) is 6.42 Å². The number of nitrogens with one attached hydrogen (secondary N) is 1. The number of anilines is 2. The van der Waals surface area contributed by atoms with Crippen LogP contribution in [0.3, 0.4) is 0 Å². The van der Waals surface area contributed by atoms with Gasteiger partial charge in [-0.2, -0.15) is 0 Å². The van der Waals surface area contributed by atoms with Crippen LogP contribution in [-0.4, -0.2) is 5.91 Å². The Morgan fingerprint density at radius 3 is 2.55 bits per heavy atom. The number of carbonyl (C=O) groups excluding carboxylic acids is 1. The second-order valence-electron chi connectivity index (χ2n) is 4.21. The third-order valence-electron chi connectivity index (χ3n) is 2.63. The van der Waals surface area contributed by atoms with Crippen molar-refractivity contribution in [3.05, 3.63) is 56.5 Å². The molecule has 0 aliphatic carbocycles. The fraction of sp³-hybridized carbons (Fsp3) is 0.0714. The van der Waals surface area contributed by atoms with E-state index >= 15 is 0 Å². The highest BCUT2D eigenvalue weighted by Gasteiger charge is 2.07. The zero-order chi connectivity index (χ0) is 14.7. The van der Waals surface area contributed by atoms with Gasteiger partial charge in [0.05, 0.1) is 16.5 Å². The number of carbonyl (C=O) groups is 1. The van der Waals surface area contributed by atoms with Crippen LogP contribution in [0, 0.1) is 0 Å². The molecule has 3 N–H and O–H groups in total. The summed E-state index contributed by atoms with van der Waals surface area (Å²) < 4.78 is 0.741. The normalized spacial score (nSPS) is 10.3. The molecule has 0 bridgehead atoms. The van der Waals surface area contributed by atoms with Gasteiger partial charge in [0.2, 0.25) is 5.91 Å². The second-order valence-corrected chi connectivity index (χ2v) is 5.88. The second kappa shape index (κ2) is 6.48. The summed E-state index contributed by atoms with van der Waals surface area (Å²) >= 11 is 15.1. The highest BCUT2D eigenvalue weighted by molar-refractivity contribution is 9.10. The third kappa shape index (κ3) is 3.88. The molecular weight excluding hydrogens is 363 g/mol. The van der Waals surface area contributed by atoms with Crippen molar-refractivity contribution >= 4 is 56.4 Å². The number of hydrogen-bond donors (Lipinski definition) is 2. The molecule has 104 valence electrons. The Hall–Kier alpha value is -1.23. The van der Waals surface area contributed by atoms with Gasteiger partial charge in [-0.25, -0.2) is 0 Å². The van der Waals surface area contributed by atoms with Gasteiger partial charge in [-0.15, -0.1) is 0 Å². The van der Waals surface area contributed by atoms with Crippen LogP contribution in [0.2, 0.25) is 10.0 Å². The summed E-state index contributed by atoms with van der Waals surface area (Å²) in [6, 6.07) is 10.3. The van der Waals surface area contributed by atoms with E-state index in [1.165, 1.54) is 0 Å². The summed E-state index contributed by atoms with van der Waals surface area (Å²) in [5.74, 6) is -0.139. The van der Waals surface area contributed by atoms with Crippen molar-refractivity contribution in [1.29, 1.82) is 0 Å². The van der Waals surface area contributed by atoms with E-state index in [9.17, 15) is 4.79 Å². The number of nitrogens with two attached hydrogens (primary N) is 1. The first-order valence-electron chi connectivity index (χ1n) is 5.74. The molecule has 20 heavy (non-hydrogen) atoms. The topological polar surface area (TPSA) is 55.1 Å². The lowest BCUT2D eigenvalue weighted by molar-refractivity contribution is -0.115. The Morgan fingerprint density at radius 1 is 1.15 bits per heavy atom. The molecule has 0 saturated carbocycles. The Balaban J connectivity index is 2.04. The van der Waals surface area contributed by atoms with Gasteiger partial charge in [0.15, 0.2) is 0 Å². The molecule has 2 aromatic rings. The average molecular weight is 374 g/mol. The maximum atomic E-state index is 11.9. The molecule has 6 heteroatoms. The predicted octanol–water partition coefficient (Wildman–Crippen LogP) is 4.52. The first kappa shape index (κ1) is 15.2. The third-order valence-corrected chi connectivity index (χ3v) is 4.06.